The molecule has 0 saturated heterocycles. The van der Waals surface area contributed by atoms with Gasteiger partial charge in [-0.15, -0.1) is 0 Å². The Balaban J connectivity index is 2.40. The normalized spacial score (nSPS) is 10.6. The highest BCUT2D eigenvalue weighted by Crippen LogP contribution is 2.05. The van der Waals surface area contributed by atoms with Crippen molar-refractivity contribution in [3.05, 3.63) is 27.6 Å². The fourth-order valence-corrected chi connectivity index (χ4v) is 2.00. The van der Waals surface area contributed by atoms with Crippen molar-refractivity contribution in [3.8, 4) is 0 Å². The molecule has 4 nitrogen and oxygen atoms in total. The van der Waals surface area contributed by atoms with Crippen molar-refractivity contribution in [2.45, 2.75) is 13.8 Å². The molecule has 0 atom stereocenters. The van der Waals surface area contributed by atoms with Gasteiger partial charge < -0.3 is 10.2 Å². The van der Waals surface area contributed by atoms with Crippen molar-refractivity contribution in [2.75, 3.05) is 26.2 Å². The van der Waals surface area contributed by atoms with E-state index in [1.54, 1.807) is 12.4 Å². The van der Waals surface area contributed by atoms with Gasteiger partial charge in [0, 0.05) is 29.1 Å². The number of hydrogen-bond donors (Lipinski definition) is 1. The summed E-state index contributed by atoms with van der Waals surface area (Å²) >= 11 is 2.15. The lowest BCUT2D eigenvalue weighted by atomic mass is 10.3. The quantitative estimate of drug-likeness (QED) is 0.801. The van der Waals surface area contributed by atoms with Crippen LogP contribution in [0.2, 0.25) is 0 Å². The van der Waals surface area contributed by atoms with Gasteiger partial charge in [0.25, 0.3) is 5.91 Å². The van der Waals surface area contributed by atoms with Crippen LogP contribution in [-0.4, -0.2) is 42.0 Å². The number of carbonyl (C=O) groups excluding carboxylic acids is 1. The van der Waals surface area contributed by atoms with Crippen LogP contribution < -0.4 is 5.32 Å². The van der Waals surface area contributed by atoms with E-state index in [1.165, 1.54) is 0 Å². The van der Waals surface area contributed by atoms with E-state index in [0.717, 1.165) is 23.2 Å². The van der Waals surface area contributed by atoms with E-state index in [-0.39, 0.29) is 5.91 Å². The molecule has 1 rings (SSSR count). The molecule has 0 unspecified atom stereocenters. The lowest BCUT2D eigenvalue weighted by molar-refractivity contribution is 0.0948. The molecule has 1 heterocycles. The first-order valence-corrected chi connectivity index (χ1v) is 6.86. The molecule has 0 bridgehead atoms. The van der Waals surface area contributed by atoms with Crippen molar-refractivity contribution in [1.82, 2.24) is 15.2 Å². The highest BCUT2D eigenvalue weighted by atomic mass is 123. The standard InChI is InChI=1S/C12H18IN3O/c1-3-16(4-2)6-5-15-12(17)10-7-11(13)9-14-8-10/h7-9H,3-6H2,1-2H3,(H,15,17)/i13-4. The molecule has 17 heavy (non-hydrogen) atoms. The van der Waals surface area contributed by atoms with Gasteiger partial charge in [-0.25, -0.2) is 0 Å². The number of carbonyl (C=O) groups is 1. The molecule has 0 fully saturated rings. The molecule has 94 valence electrons. The Bertz CT molecular complexity index is 367. The SMILES string of the molecule is CCN(CC)CCNC(=O)c1cncc([123I])c1. The smallest absolute Gasteiger partial charge is 0.252 e. The number of halogens is 1. The van der Waals surface area contributed by atoms with Gasteiger partial charge in [0.1, 0.15) is 0 Å². The van der Waals surface area contributed by atoms with Crippen LogP contribution in [0.25, 0.3) is 0 Å². The molecule has 0 aliphatic carbocycles. The second kappa shape index (κ2) is 7.60. The summed E-state index contributed by atoms with van der Waals surface area (Å²) in [5, 5.41) is 2.90. The summed E-state index contributed by atoms with van der Waals surface area (Å²) in [5.74, 6) is -0.0526. The maximum Gasteiger partial charge on any atom is 0.252 e. The van der Waals surface area contributed by atoms with Crippen LogP contribution in [-0.2, 0) is 0 Å². The van der Waals surface area contributed by atoms with Gasteiger partial charge in [-0.05, 0) is 41.7 Å². The van der Waals surface area contributed by atoms with Crippen LogP contribution in [0.4, 0.5) is 0 Å². The Morgan fingerprint density at radius 1 is 1.41 bits per heavy atom. The Morgan fingerprint density at radius 2 is 2.12 bits per heavy atom. The lowest BCUT2D eigenvalue weighted by Gasteiger charge is -2.17. The van der Waals surface area contributed by atoms with E-state index in [0.29, 0.717) is 12.1 Å². The summed E-state index contributed by atoms with van der Waals surface area (Å²) in [7, 11) is 0. The fraction of sp³-hybridized carbons (Fsp3) is 0.500. The fourth-order valence-electron chi connectivity index (χ4n) is 1.51. The summed E-state index contributed by atoms with van der Waals surface area (Å²) in [6.45, 7) is 7.82. The minimum Gasteiger partial charge on any atom is -0.351 e. The molecule has 1 N–H and O–H groups in total. The van der Waals surface area contributed by atoms with E-state index in [4.69, 9.17) is 0 Å². The van der Waals surface area contributed by atoms with Crippen LogP contribution >= 0.6 is 22.6 Å². The molecule has 1 aromatic rings. The topological polar surface area (TPSA) is 45.2 Å². The first kappa shape index (κ1) is 14.4. The van der Waals surface area contributed by atoms with E-state index in [2.05, 4.69) is 51.6 Å². The molecule has 0 aromatic carbocycles. The third-order valence-corrected chi connectivity index (χ3v) is 3.17. The van der Waals surface area contributed by atoms with Crippen LogP contribution in [0.3, 0.4) is 0 Å². The molecule has 1 aromatic heterocycles. The van der Waals surface area contributed by atoms with Crippen molar-refractivity contribution in [1.29, 1.82) is 0 Å². The highest BCUT2D eigenvalue weighted by Gasteiger charge is 2.06. The van der Waals surface area contributed by atoms with Gasteiger partial charge in [0.05, 0.1) is 5.56 Å². The molecular formula is C12H18IN3O. The average molecular weight is 343 g/mol. The minimum absolute atomic E-state index is 0.0526. The second-order valence-corrected chi connectivity index (χ2v) is 4.92. The van der Waals surface area contributed by atoms with Gasteiger partial charge in [0.15, 0.2) is 0 Å². The molecule has 0 saturated carbocycles. The minimum atomic E-state index is -0.0526. The van der Waals surface area contributed by atoms with Crippen LogP contribution in [0.15, 0.2) is 18.5 Å². The van der Waals surface area contributed by atoms with E-state index in [9.17, 15) is 4.79 Å². The van der Waals surface area contributed by atoms with Crippen LogP contribution in [0.5, 0.6) is 0 Å². The van der Waals surface area contributed by atoms with E-state index < -0.39 is 0 Å². The Morgan fingerprint density at radius 3 is 2.71 bits per heavy atom. The van der Waals surface area contributed by atoms with Crippen LogP contribution in [0, 0.1) is 3.57 Å². The number of amides is 1. The monoisotopic (exact) mass is 343 g/mol. The van der Waals surface area contributed by atoms with Gasteiger partial charge >= 0.3 is 0 Å². The number of nitrogens with one attached hydrogen (secondary N) is 1. The summed E-state index contributed by atoms with van der Waals surface area (Å²) in [4.78, 5) is 18.1. The first-order chi connectivity index (χ1) is 8.17. The summed E-state index contributed by atoms with van der Waals surface area (Å²) in [6, 6.07) is 1.83. The molecular weight excluding hydrogens is 325 g/mol. The number of pyridine rings is 1. The zero-order valence-corrected chi connectivity index (χ0v) is 12.4. The Labute approximate surface area is 116 Å². The maximum atomic E-state index is 11.8. The maximum absolute atomic E-state index is 11.8. The highest BCUT2D eigenvalue weighted by molar-refractivity contribution is 14.1. The van der Waals surface area contributed by atoms with E-state index >= 15 is 0 Å². The van der Waals surface area contributed by atoms with Gasteiger partial charge in [-0.2, -0.15) is 0 Å². The van der Waals surface area contributed by atoms with Crippen molar-refractivity contribution >= 4 is 28.5 Å². The number of hydrogen-bond acceptors (Lipinski definition) is 3. The number of likely N-dealkylation sites (N-methyl/N-ethyl adjacent to an activating group) is 1. The zero-order valence-electron chi connectivity index (χ0n) is 10.2. The predicted octanol–water partition coefficient (Wildman–Crippen LogP) is 1.76. The van der Waals surface area contributed by atoms with Gasteiger partial charge in [-0.3, -0.25) is 9.78 Å². The summed E-state index contributed by atoms with van der Waals surface area (Å²) < 4.78 is 0.971. The van der Waals surface area contributed by atoms with Gasteiger partial charge in [-0.1, -0.05) is 13.8 Å². The zero-order chi connectivity index (χ0) is 12.7. The molecule has 0 aliphatic heterocycles. The molecule has 0 aliphatic rings. The van der Waals surface area contributed by atoms with Crippen LogP contribution in [0.1, 0.15) is 24.2 Å². The molecule has 5 heteroatoms. The van der Waals surface area contributed by atoms with Crippen molar-refractivity contribution in [3.63, 3.8) is 0 Å². The van der Waals surface area contributed by atoms with Crippen molar-refractivity contribution < 1.29 is 4.79 Å². The first-order valence-electron chi connectivity index (χ1n) is 5.78. The predicted molar refractivity (Wildman–Crippen MR) is 77.1 cm³/mol. The molecule has 1 amide bonds. The van der Waals surface area contributed by atoms with Crippen molar-refractivity contribution in [2.24, 2.45) is 0 Å². The third kappa shape index (κ3) is 4.99. The molecule has 0 radical (unpaired) electrons. The summed E-state index contributed by atoms with van der Waals surface area (Å²) in [6.07, 6.45) is 3.32. The number of aromatic nitrogens is 1. The summed E-state index contributed by atoms with van der Waals surface area (Å²) in [5.41, 5.74) is 0.622. The number of rotatable bonds is 6. The lowest BCUT2D eigenvalue weighted by Crippen LogP contribution is -2.34. The van der Waals surface area contributed by atoms with E-state index in [1.807, 2.05) is 6.07 Å². The average Bonchev–Trinajstić information content (AvgIpc) is 2.34. The largest absolute Gasteiger partial charge is 0.351 e. The Hall–Kier alpha value is -0.690. The van der Waals surface area contributed by atoms with Gasteiger partial charge in [0.2, 0.25) is 0 Å². The number of nitrogens with zero attached hydrogens (tertiary/aromatic N) is 2. The third-order valence-electron chi connectivity index (χ3n) is 2.58. The second-order valence-electron chi connectivity index (χ2n) is 3.67. The Kier molecular flexibility index (Phi) is 6.43. The molecule has 0 spiro atoms.